The van der Waals surface area contributed by atoms with Gasteiger partial charge >= 0.3 is 0 Å². The number of nitrogens with zero attached hydrogens (tertiary/aromatic N) is 4. The summed E-state index contributed by atoms with van der Waals surface area (Å²) in [5.74, 6) is 0.731. The first kappa shape index (κ1) is 15.8. The van der Waals surface area contributed by atoms with Gasteiger partial charge in [-0.2, -0.15) is 5.10 Å². The third-order valence-electron chi connectivity index (χ3n) is 3.06. The Morgan fingerprint density at radius 3 is 3.04 bits per heavy atom. The molecule has 9 heteroatoms. The van der Waals surface area contributed by atoms with Gasteiger partial charge in [-0.1, -0.05) is 17.8 Å². The Kier molecular flexibility index (Phi) is 4.77. The Morgan fingerprint density at radius 2 is 2.35 bits per heavy atom. The molecule has 0 saturated carbocycles. The molecule has 3 aromatic heterocycles. The zero-order chi connectivity index (χ0) is 16.2. The largest absolute Gasteiger partial charge is 0.416 e. The van der Waals surface area contributed by atoms with Crippen LogP contribution in [0.5, 0.6) is 0 Å². The number of aryl methyl sites for hydroxylation is 1. The van der Waals surface area contributed by atoms with Crippen LogP contribution in [0.15, 0.2) is 33.2 Å². The molecule has 0 saturated heterocycles. The molecule has 0 radical (unpaired) electrons. The minimum Gasteiger partial charge on any atom is -0.416 e. The van der Waals surface area contributed by atoms with Crippen LogP contribution in [-0.4, -0.2) is 44.0 Å². The van der Waals surface area contributed by atoms with E-state index in [4.69, 9.17) is 4.42 Å². The first-order valence-corrected chi connectivity index (χ1v) is 8.73. The van der Waals surface area contributed by atoms with Gasteiger partial charge in [0.15, 0.2) is 0 Å². The maximum Gasteiger partial charge on any atom is 0.277 e. The van der Waals surface area contributed by atoms with Crippen molar-refractivity contribution in [2.75, 3.05) is 12.8 Å². The number of aromatic nitrogens is 4. The summed E-state index contributed by atoms with van der Waals surface area (Å²) >= 11 is 2.87. The molecule has 1 N–H and O–H groups in total. The van der Waals surface area contributed by atoms with E-state index in [2.05, 4.69) is 20.4 Å². The lowest BCUT2D eigenvalue weighted by molar-refractivity contribution is -0.127. The van der Waals surface area contributed by atoms with Gasteiger partial charge in [-0.05, 0) is 17.5 Å². The van der Waals surface area contributed by atoms with E-state index in [0.29, 0.717) is 17.7 Å². The predicted molar refractivity (Wildman–Crippen MR) is 88.1 cm³/mol. The molecule has 0 aromatic carbocycles. The van der Waals surface area contributed by atoms with Gasteiger partial charge in [-0.3, -0.25) is 9.89 Å². The highest BCUT2D eigenvalue weighted by Crippen LogP contribution is 2.23. The van der Waals surface area contributed by atoms with Crippen LogP contribution in [-0.2, 0) is 11.3 Å². The standard InChI is InChI=1S/C14H15N5O2S2/c1-9-15-18-14(21-9)23-8-13(20)19(2)7-10-6-11(17-16-10)12-4-3-5-22-12/h3-6H,7-8H2,1-2H3,(H,16,17). The van der Waals surface area contributed by atoms with E-state index in [9.17, 15) is 4.79 Å². The van der Waals surface area contributed by atoms with Crippen molar-refractivity contribution in [2.45, 2.75) is 18.7 Å². The van der Waals surface area contributed by atoms with Gasteiger partial charge < -0.3 is 9.32 Å². The molecule has 0 bridgehead atoms. The Labute approximate surface area is 141 Å². The number of hydrogen-bond donors (Lipinski definition) is 1. The maximum absolute atomic E-state index is 12.1. The molecule has 3 heterocycles. The van der Waals surface area contributed by atoms with Crippen LogP contribution in [0.3, 0.4) is 0 Å². The molecule has 0 atom stereocenters. The van der Waals surface area contributed by atoms with Crippen molar-refractivity contribution in [1.29, 1.82) is 0 Å². The van der Waals surface area contributed by atoms with Crippen molar-refractivity contribution in [2.24, 2.45) is 0 Å². The van der Waals surface area contributed by atoms with Gasteiger partial charge in [-0.15, -0.1) is 21.5 Å². The maximum atomic E-state index is 12.1. The lowest BCUT2D eigenvalue weighted by atomic mass is 10.3. The quantitative estimate of drug-likeness (QED) is 0.688. The second-order valence-electron chi connectivity index (χ2n) is 4.88. The molecule has 0 aliphatic heterocycles. The Morgan fingerprint density at radius 1 is 1.48 bits per heavy atom. The lowest BCUT2D eigenvalue weighted by Crippen LogP contribution is -2.27. The molecule has 0 aliphatic rings. The van der Waals surface area contributed by atoms with Crippen molar-refractivity contribution in [3.63, 3.8) is 0 Å². The molecule has 7 nitrogen and oxygen atoms in total. The van der Waals surface area contributed by atoms with E-state index >= 15 is 0 Å². The number of aromatic amines is 1. The van der Waals surface area contributed by atoms with E-state index in [0.717, 1.165) is 16.3 Å². The summed E-state index contributed by atoms with van der Waals surface area (Å²) in [5.41, 5.74) is 1.79. The first-order chi connectivity index (χ1) is 11.1. The number of hydrogen-bond acceptors (Lipinski definition) is 7. The van der Waals surface area contributed by atoms with Crippen molar-refractivity contribution in [1.82, 2.24) is 25.3 Å². The number of nitrogens with one attached hydrogen (secondary N) is 1. The van der Waals surface area contributed by atoms with Crippen molar-refractivity contribution in [3.8, 4) is 10.6 Å². The molecular formula is C14H15N5O2S2. The van der Waals surface area contributed by atoms with E-state index in [1.807, 2.05) is 23.6 Å². The predicted octanol–water partition coefficient (Wildman–Crippen LogP) is 2.58. The van der Waals surface area contributed by atoms with Crippen molar-refractivity contribution in [3.05, 3.63) is 35.2 Å². The normalized spacial score (nSPS) is 10.9. The highest BCUT2D eigenvalue weighted by molar-refractivity contribution is 7.99. The third kappa shape index (κ3) is 3.99. The molecule has 0 unspecified atom stereocenters. The number of H-pyrrole nitrogens is 1. The fraction of sp³-hybridized carbons (Fsp3) is 0.286. The fourth-order valence-corrected chi connectivity index (χ4v) is 3.34. The van der Waals surface area contributed by atoms with Gasteiger partial charge in [0.05, 0.1) is 22.9 Å². The van der Waals surface area contributed by atoms with Crippen LogP contribution in [0.1, 0.15) is 11.6 Å². The van der Waals surface area contributed by atoms with E-state index in [-0.39, 0.29) is 11.7 Å². The van der Waals surface area contributed by atoms with Gasteiger partial charge in [0.2, 0.25) is 11.8 Å². The lowest BCUT2D eigenvalue weighted by Gasteiger charge is -2.15. The van der Waals surface area contributed by atoms with E-state index in [1.165, 1.54) is 11.8 Å². The number of carbonyl (C=O) groups is 1. The summed E-state index contributed by atoms with van der Waals surface area (Å²) in [6, 6.07) is 5.97. The van der Waals surface area contributed by atoms with Crippen LogP contribution in [0, 0.1) is 6.92 Å². The summed E-state index contributed by atoms with van der Waals surface area (Å²) in [6.45, 7) is 2.19. The van der Waals surface area contributed by atoms with Gasteiger partial charge in [0.1, 0.15) is 5.69 Å². The molecule has 23 heavy (non-hydrogen) atoms. The van der Waals surface area contributed by atoms with Crippen molar-refractivity contribution >= 4 is 29.0 Å². The Bertz CT molecular complexity index is 781. The minimum absolute atomic E-state index is 0.0156. The molecular weight excluding hydrogens is 334 g/mol. The monoisotopic (exact) mass is 349 g/mol. The number of thioether (sulfide) groups is 1. The van der Waals surface area contributed by atoms with Crippen LogP contribution in [0.2, 0.25) is 0 Å². The number of thiophene rings is 1. The molecule has 0 aliphatic carbocycles. The van der Waals surface area contributed by atoms with Crippen LogP contribution >= 0.6 is 23.1 Å². The highest BCUT2D eigenvalue weighted by Gasteiger charge is 2.14. The summed E-state index contributed by atoms with van der Waals surface area (Å²) in [6.07, 6.45) is 0. The summed E-state index contributed by atoms with van der Waals surface area (Å²) in [5, 5.41) is 17.2. The molecule has 0 spiro atoms. The van der Waals surface area contributed by atoms with Gasteiger partial charge in [0, 0.05) is 14.0 Å². The summed E-state index contributed by atoms with van der Waals surface area (Å²) < 4.78 is 5.23. The molecule has 1 amide bonds. The average Bonchev–Trinajstić information content (AvgIpc) is 3.25. The van der Waals surface area contributed by atoms with Crippen LogP contribution < -0.4 is 0 Å². The first-order valence-electron chi connectivity index (χ1n) is 6.87. The zero-order valence-electron chi connectivity index (χ0n) is 12.6. The molecule has 3 rings (SSSR count). The van der Waals surface area contributed by atoms with Crippen LogP contribution in [0.4, 0.5) is 0 Å². The van der Waals surface area contributed by atoms with E-state index in [1.54, 1.807) is 30.2 Å². The summed E-state index contributed by atoms with van der Waals surface area (Å²) in [7, 11) is 1.76. The number of carbonyl (C=O) groups excluding carboxylic acids is 1. The zero-order valence-corrected chi connectivity index (χ0v) is 14.3. The van der Waals surface area contributed by atoms with E-state index < -0.39 is 0 Å². The fourth-order valence-electron chi connectivity index (χ4n) is 1.91. The Hall–Kier alpha value is -2.13. The highest BCUT2D eigenvalue weighted by atomic mass is 32.2. The molecule has 0 fully saturated rings. The number of amides is 1. The van der Waals surface area contributed by atoms with Gasteiger partial charge in [-0.25, -0.2) is 0 Å². The summed E-state index contributed by atoms with van der Waals surface area (Å²) in [4.78, 5) is 14.9. The number of rotatable bonds is 6. The molecule has 120 valence electrons. The topological polar surface area (TPSA) is 87.9 Å². The second kappa shape index (κ2) is 6.97. The third-order valence-corrected chi connectivity index (χ3v) is 4.76. The smallest absolute Gasteiger partial charge is 0.277 e. The average molecular weight is 349 g/mol. The van der Waals surface area contributed by atoms with Crippen LogP contribution in [0.25, 0.3) is 10.6 Å². The Balaban J connectivity index is 1.54. The second-order valence-corrected chi connectivity index (χ2v) is 6.76. The minimum atomic E-state index is -0.0156. The molecule has 3 aromatic rings. The van der Waals surface area contributed by atoms with Crippen molar-refractivity contribution < 1.29 is 9.21 Å². The van der Waals surface area contributed by atoms with Gasteiger partial charge in [0.25, 0.3) is 5.22 Å². The SMILES string of the molecule is Cc1nnc(SCC(=O)N(C)Cc2cc(-c3cccs3)n[nH]2)o1.